The van der Waals surface area contributed by atoms with Gasteiger partial charge in [0.05, 0.1) is 0 Å². The molecule has 0 fully saturated rings. The molecule has 0 aromatic carbocycles. The molecular formula is C10H10F3N7O. The molecule has 8 nitrogen and oxygen atoms in total. The maximum atomic E-state index is 12.7. The molecule has 0 bridgehead atoms. The largest absolute Gasteiger partial charge is 0.451 e. The third-order valence-electron chi connectivity index (χ3n) is 2.40. The van der Waals surface area contributed by atoms with Crippen molar-refractivity contribution < 1.29 is 18.0 Å². The summed E-state index contributed by atoms with van der Waals surface area (Å²) in [4.78, 5) is 17.9. The number of nitrogens with zero attached hydrogens (tertiary/aromatic N) is 4. The molecule has 21 heavy (non-hydrogen) atoms. The van der Waals surface area contributed by atoms with E-state index in [2.05, 4.69) is 20.4 Å². The average molecular weight is 301 g/mol. The molecule has 0 unspecified atom stereocenters. The third-order valence-corrected chi connectivity index (χ3v) is 2.40. The van der Waals surface area contributed by atoms with Crippen molar-refractivity contribution in [2.75, 3.05) is 12.5 Å². The van der Waals surface area contributed by atoms with Crippen molar-refractivity contribution in [3.05, 3.63) is 29.8 Å². The third kappa shape index (κ3) is 3.08. The molecule has 0 atom stereocenters. The lowest BCUT2D eigenvalue weighted by molar-refractivity contribution is -0.144. The quantitative estimate of drug-likeness (QED) is 0.556. The number of nitrogens with two attached hydrogens (primary N) is 1. The van der Waals surface area contributed by atoms with E-state index in [4.69, 9.17) is 5.84 Å². The highest BCUT2D eigenvalue weighted by molar-refractivity contribution is 5.91. The van der Waals surface area contributed by atoms with E-state index in [-0.39, 0.29) is 17.3 Å². The molecule has 112 valence electrons. The molecule has 0 spiro atoms. The van der Waals surface area contributed by atoms with Crippen LogP contribution in [0.15, 0.2) is 18.3 Å². The number of anilines is 1. The fourth-order valence-corrected chi connectivity index (χ4v) is 1.45. The zero-order valence-corrected chi connectivity index (χ0v) is 10.6. The van der Waals surface area contributed by atoms with Crippen molar-refractivity contribution >= 4 is 11.7 Å². The standard InChI is InChI=1S/C10H10F3N7O/c1-15-8(21)5-2-3-20(19-5)7-4-6(18-14)16-9(17-7)10(11,12)13/h2-4H,14H2,1H3,(H,15,21)(H,16,17,18). The number of nitrogens with one attached hydrogen (secondary N) is 2. The van der Waals surface area contributed by atoms with E-state index >= 15 is 0 Å². The van der Waals surface area contributed by atoms with E-state index < -0.39 is 17.9 Å². The lowest BCUT2D eigenvalue weighted by atomic mass is 10.4. The van der Waals surface area contributed by atoms with Gasteiger partial charge >= 0.3 is 6.18 Å². The number of carbonyl (C=O) groups is 1. The van der Waals surface area contributed by atoms with Crippen LogP contribution in [0.1, 0.15) is 16.3 Å². The average Bonchev–Trinajstić information content (AvgIpc) is 2.94. The highest BCUT2D eigenvalue weighted by Crippen LogP contribution is 2.27. The number of hydrazine groups is 1. The van der Waals surface area contributed by atoms with Crippen molar-refractivity contribution in [1.82, 2.24) is 25.1 Å². The van der Waals surface area contributed by atoms with Crippen molar-refractivity contribution in [2.45, 2.75) is 6.18 Å². The van der Waals surface area contributed by atoms with Gasteiger partial charge in [-0.3, -0.25) is 4.79 Å². The van der Waals surface area contributed by atoms with Crippen LogP contribution in [0.2, 0.25) is 0 Å². The first-order valence-corrected chi connectivity index (χ1v) is 5.56. The van der Waals surface area contributed by atoms with E-state index in [0.717, 1.165) is 10.7 Å². The molecule has 1 amide bonds. The number of amides is 1. The van der Waals surface area contributed by atoms with Crippen LogP contribution in [0, 0.1) is 0 Å². The summed E-state index contributed by atoms with van der Waals surface area (Å²) in [6.07, 6.45) is -3.44. The number of hydrogen-bond donors (Lipinski definition) is 3. The Morgan fingerprint density at radius 3 is 2.67 bits per heavy atom. The SMILES string of the molecule is CNC(=O)c1ccn(-c2cc(NN)nc(C(F)(F)F)n2)n1. The number of aromatic nitrogens is 4. The maximum absolute atomic E-state index is 12.7. The van der Waals surface area contributed by atoms with Gasteiger partial charge in [0.25, 0.3) is 5.91 Å². The van der Waals surface area contributed by atoms with Crippen LogP contribution in [0.5, 0.6) is 0 Å². The predicted octanol–water partition coefficient (Wildman–Crippen LogP) is 0.326. The molecule has 0 aliphatic carbocycles. The number of halogens is 3. The summed E-state index contributed by atoms with van der Waals surface area (Å²) in [5.41, 5.74) is 2.05. The highest BCUT2D eigenvalue weighted by Gasteiger charge is 2.35. The molecule has 11 heteroatoms. The van der Waals surface area contributed by atoms with Gasteiger partial charge < -0.3 is 10.7 Å². The molecule has 0 radical (unpaired) electrons. The maximum Gasteiger partial charge on any atom is 0.451 e. The minimum Gasteiger partial charge on any atom is -0.354 e. The normalized spacial score (nSPS) is 11.3. The lowest BCUT2D eigenvalue weighted by Crippen LogP contribution is -2.19. The molecule has 0 aliphatic heterocycles. The van der Waals surface area contributed by atoms with E-state index in [0.29, 0.717) is 0 Å². The Morgan fingerprint density at radius 1 is 1.38 bits per heavy atom. The van der Waals surface area contributed by atoms with Gasteiger partial charge in [-0.25, -0.2) is 20.5 Å². The summed E-state index contributed by atoms with van der Waals surface area (Å²) < 4.78 is 39.1. The Kier molecular flexibility index (Phi) is 3.76. The number of alkyl halides is 3. The second-order valence-corrected chi connectivity index (χ2v) is 3.80. The minimum absolute atomic E-state index is 0.0342. The number of rotatable bonds is 3. The predicted molar refractivity (Wildman–Crippen MR) is 65.4 cm³/mol. The van der Waals surface area contributed by atoms with Crippen LogP contribution in [-0.4, -0.2) is 32.7 Å². The summed E-state index contributed by atoms with van der Waals surface area (Å²) in [7, 11) is 1.41. The molecule has 0 saturated carbocycles. The van der Waals surface area contributed by atoms with Gasteiger partial charge in [-0.2, -0.15) is 18.3 Å². The van der Waals surface area contributed by atoms with Gasteiger partial charge in [0, 0.05) is 19.3 Å². The van der Waals surface area contributed by atoms with Gasteiger partial charge in [-0.1, -0.05) is 0 Å². The fraction of sp³-hybridized carbons (Fsp3) is 0.200. The van der Waals surface area contributed by atoms with Gasteiger partial charge in [0.1, 0.15) is 5.82 Å². The Balaban J connectivity index is 2.48. The molecule has 2 aromatic rings. The number of hydrogen-bond acceptors (Lipinski definition) is 6. The summed E-state index contributed by atoms with van der Waals surface area (Å²) >= 11 is 0. The Morgan fingerprint density at radius 2 is 2.10 bits per heavy atom. The zero-order valence-electron chi connectivity index (χ0n) is 10.6. The summed E-state index contributed by atoms with van der Waals surface area (Å²) in [5, 5.41) is 6.17. The van der Waals surface area contributed by atoms with E-state index in [1.165, 1.54) is 19.3 Å². The van der Waals surface area contributed by atoms with Crippen LogP contribution in [0.25, 0.3) is 5.82 Å². The van der Waals surface area contributed by atoms with Crippen LogP contribution in [0.4, 0.5) is 19.0 Å². The first kappa shape index (κ1) is 14.7. The Labute approximate surface area is 116 Å². The van der Waals surface area contributed by atoms with Crippen molar-refractivity contribution in [3.63, 3.8) is 0 Å². The van der Waals surface area contributed by atoms with Gasteiger partial charge in [-0.15, -0.1) is 0 Å². The van der Waals surface area contributed by atoms with Gasteiger partial charge in [0.2, 0.25) is 5.82 Å². The summed E-state index contributed by atoms with van der Waals surface area (Å²) in [6.45, 7) is 0. The van der Waals surface area contributed by atoms with Crippen molar-refractivity contribution in [2.24, 2.45) is 5.84 Å². The van der Waals surface area contributed by atoms with Crippen LogP contribution in [-0.2, 0) is 6.18 Å². The van der Waals surface area contributed by atoms with Gasteiger partial charge in [0.15, 0.2) is 11.5 Å². The van der Waals surface area contributed by atoms with E-state index in [1.54, 1.807) is 0 Å². The smallest absolute Gasteiger partial charge is 0.354 e. The first-order valence-electron chi connectivity index (χ1n) is 5.56. The Bertz CT molecular complexity index is 667. The van der Waals surface area contributed by atoms with Crippen LogP contribution in [0.3, 0.4) is 0 Å². The Hall–Kier alpha value is -2.69. The molecule has 0 aliphatic rings. The van der Waals surface area contributed by atoms with E-state index in [9.17, 15) is 18.0 Å². The zero-order chi connectivity index (χ0) is 15.6. The van der Waals surface area contributed by atoms with Crippen molar-refractivity contribution in [3.8, 4) is 5.82 Å². The van der Waals surface area contributed by atoms with Crippen LogP contribution < -0.4 is 16.6 Å². The second-order valence-electron chi connectivity index (χ2n) is 3.80. The monoisotopic (exact) mass is 301 g/mol. The molecule has 0 saturated heterocycles. The summed E-state index contributed by atoms with van der Waals surface area (Å²) in [5.74, 6) is 2.82. The van der Waals surface area contributed by atoms with Gasteiger partial charge in [-0.05, 0) is 6.07 Å². The lowest BCUT2D eigenvalue weighted by Gasteiger charge is -2.09. The molecule has 2 rings (SSSR count). The second kappa shape index (κ2) is 5.36. The fourth-order valence-electron chi connectivity index (χ4n) is 1.45. The minimum atomic E-state index is -4.74. The van der Waals surface area contributed by atoms with E-state index in [1.807, 2.05) is 5.43 Å². The van der Waals surface area contributed by atoms with Crippen molar-refractivity contribution in [1.29, 1.82) is 0 Å². The number of carbonyl (C=O) groups excluding carboxylic acids is 1. The molecular weight excluding hydrogens is 291 g/mol. The molecule has 4 N–H and O–H groups in total. The molecule has 2 aromatic heterocycles. The first-order chi connectivity index (χ1) is 9.85. The summed E-state index contributed by atoms with van der Waals surface area (Å²) in [6, 6.07) is 2.50. The highest BCUT2D eigenvalue weighted by atomic mass is 19.4. The molecule has 2 heterocycles. The number of nitrogen functional groups attached to an aromatic ring is 1. The topological polar surface area (TPSA) is 111 Å². The van der Waals surface area contributed by atoms with Crippen LogP contribution >= 0.6 is 0 Å².